The van der Waals surface area contributed by atoms with E-state index in [1.165, 1.54) is 45.4 Å². The van der Waals surface area contributed by atoms with Crippen molar-refractivity contribution in [2.75, 3.05) is 26.2 Å². The summed E-state index contributed by atoms with van der Waals surface area (Å²) in [5.74, 6) is 1.93. The molecule has 0 aromatic heterocycles. The van der Waals surface area contributed by atoms with E-state index in [0.717, 1.165) is 17.9 Å². The Kier molecular flexibility index (Phi) is 3.45. The van der Waals surface area contributed by atoms with Crippen molar-refractivity contribution < 1.29 is 0 Å². The van der Waals surface area contributed by atoms with Gasteiger partial charge in [0.05, 0.1) is 0 Å². The first-order valence-electron chi connectivity index (χ1n) is 6.23. The summed E-state index contributed by atoms with van der Waals surface area (Å²) in [6, 6.07) is 0.775. The molecule has 2 aliphatic heterocycles. The van der Waals surface area contributed by atoms with E-state index in [9.17, 15) is 0 Å². The van der Waals surface area contributed by atoms with Gasteiger partial charge in [-0.15, -0.1) is 0 Å². The third-order valence-corrected chi connectivity index (χ3v) is 3.85. The van der Waals surface area contributed by atoms with Crippen LogP contribution in [0.2, 0.25) is 0 Å². The van der Waals surface area contributed by atoms with E-state index < -0.39 is 0 Å². The van der Waals surface area contributed by atoms with Gasteiger partial charge in [-0.25, -0.2) is 0 Å². The van der Waals surface area contributed by atoms with Gasteiger partial charge < -0.3 is 10.2 Å². The first-order chi connectivity index (χ1) is 6.78. The predicted octanol–water partition coefficient (Wildman–Crippen LogP) is 1.72. The van der Waals surface area contributed by atoms with Crippen molar-refractivity contribution in [1.29, 1.82) is 0 Å². The smallest absolute Gasteiger partial charge is 0.0197 e. The average Bonchev–Trinajstić information content (AvgIpc) is 2.10. The predicted molar refractivity (Wildman–Crippen MR) is 60.4 cm³/mol. The van der Waals surface area contributed by atoms with Gasteiger partial charge in [-0.05, 0) is 31.2 Å². The van der Waals surface area contributed by atoms with Crippen LogP contribution in [0.15, 0.2) is 0 Å². The molecule has 2 rings (SSSR count). The largest absolute Gasteiger partial charge is 0.313 e. The van der Waals surface area contributed by atoms with Crippen LogP contribution in [0.1, 0.15) is 33.1 Å². The second-order valence-electron chi connectivity index (χ2n) is 5.27. The molecule has 82 valence electrons. The van der Waals surface area contributed by atoms with Gasteiger partial charge in [-0.3, -0.25) is 0 Å². The Labute approximate surface area is 88.1 Å². The third-order valence-electron chi connectivity index (χ3n) is 3.85. The summed E-state index contributed by atoms with van der Waals surface area (Å²) in [6.45, 7) is 9.92. The minimum atomic E-state index is 0.775. The lowest BCUT2D eigenvalue weighted by atomic mass is 9.91. The van der Waals surface area contributed by atoms with Crippen molar-refractivity contribution in [2.24, 2.45) is 11.8 Å². The molecule has 2 heteroatoms. The maximum atomic E-state index is 3.64. The molecule has 2 nitrogen and oxygen atoms in total. The maximum Gasteiger partial charge on any atom is 0.0197 e. The summed E-state index contributed by atoms with van der Waals surface area (Å²) >= 11 is 0. The number of hydrogen-bond acceptors (Lipinski definition) is 2. The molecule has 0 saturated carbocycles. The fourth-order valence-corrected chi connectivity index (χ4v) is 2.76. The fourth-order valence-electron chi connectivity index (χ4n) is 2.76. The van der Waals surface area contributed by atoms with E-state index in [0.29, 0.717) is 0 Å². The molecule has 0 aromatic carbocycles. The van der Waals surface area contributed by atoms with Crippen molar-refractivity contribution in [3.8, 4) is 0 Å². The zero-order valence-corrected chi connectivity index (χ0v) is 9.63. The third kappa shape index (κ3) is 2.48. The van der Waals surface area contributed by atoms with Crippen LogP contribution in [0, 0.1) is 11.8 Å². The molecule has 2 saturated heterocycles. The molecule has 0 aliphatic carbocycles. The van der Waals surface area contributed by atoms with Gasteiger partial charge in [0, 0.05) is 25.7 Å². The Morgan fingerprint density at radius 3 is 2.79 bits per heavy atom. The van der Waals surface area contributed by atoms with Crippen LogP contribution in [0.4, 0.5) is 0 Å². The molecule has 2 aliphatic rings. The number of piperidine rings is 1. The van der Waals surface area contributed by atoms with Crippen LogP contribution in [0.3, 0.4) is 0 Å². The quantitative estimate of drug-likeness (QED) is 0.739. The molecule has 2 atom stereocenters. The van der Waals surface area contributed by atoms with Crippen LogP contribution in [-0.2, 0) is 0 Å². The Balaban J connectivity index is 1.66. The summed E-state index contributed by atoms with van der Waals surface area (Å²) in [4.78, 5) is 2.61. The molecule has 0 amide bonds. The van der Waals surface area contributed by atoms with Crippen LogP contribution < -0.4 is 5.32 Å². The minimum absolute atomic E-state index is 0.775. The second-order valence-corrected chi connectivity index (χ2v) is 5.27. The van der Waals surface area contributed by atoms with Crippen molar-refractivity contribution >= 4 is 0 Å². The number of hydrogen-bond donors (Lipinski definition) is 1. The van der Waals surface area contributed by atoms with Crippen molar-refractivity contribution in [3.63, 3.8) is 0 Å². The number of rotatable bonds is 3. The Hall–Kier alpha value is -0.0800. The molecular weight excluding hydrogens is 172 g/mol. The lowest BCUT2D eigenvalue weighted by Crippen LogP contribution is -2.53. The fraction of sp³-hybridized carbons (Fsp3) is 1.00. The second kappa shape index (κ2) is 4.63. The Morgan fingerprint density at radius 1 is 1.36 bits per heavy atom. The summed E-state index contributed by atoms with van der Waals surface area (Å²) in [7, 11) is 0. The SMILES string of the molecule is CCC1CN(CC2CC(C)CCN2)C1. The number of nitrogens with one attached hydrogen (secondary N) is 1. The number of likely N-dealkylation sites (tertiary alicyclic amines) is 1. The van der Waals surface area contributed by atoms with E-state index >= 15 is 0 Å². The minimum Gasteiger partial charge on any atom is -0.313 e. The summed E-state index contributed by atoms with van der Waals surface area (Å²) < 4.78 is 0. The zero-order chi connectivity index (χ0) is 9.97. The molecule has 0 radical (unpaired) electrons. The normalized spacial score (nSPS) is 35.6. The lowest BCUT2D eigenvalue weighted by molar-refractivity contribution is 0.0778. The molecule has 0 bridgehead atoms. The molecule has 0 aromatic rings. The first kappa shape index (κ1) is 10.4. The standard InChI is InChI=1S/C12H24N2/c1-3-11-7-14(8-11)9-12-6-10(2)4-5-13-12/h10-13H,3-9H2,1-2H3. The summed E-state index contributed by atoms with van der Waals surface area (Å²) in [5, 5.41) is 3.64. The highest BCUT2D eigenvalue weighted by Gasteiger charge is 2.28. The molecule has 0 spiro atoms. The highest BCUT2D eigenvalue weighted by molar-refractivity contribution is 4.85. The summed E-state index contributed by atoms with van der Waals surface area (Å²) in [5.41, 5.74) is 0. The van der Waals surface area contributed by atoms with Crippen LogP contribution in [0.25, 0.3) is 0 Å². The van der Waals surface area contributed by atoms with Gasteiger partial charge in [-0.2, -0.15) is 0 Å². The van der Waals surface area contributed by atoms with E-state index in [-0.39, 0.29) is 0 Å². The van der Waals surface area contributed by atoms with Crippen molar-refractivity contribution in [1.82, 2.24) is 10.2 Å². The van der Waals surface area contributed by atoms with Gasteiger partial charge in [0.25, 0.3) is 0 Å². The van der Waals surface area contributed by atoms with E-state index in [4.69, 9.17) is 0 Å². The average molecular weight is 196 g/mol. The van der Waals surface area contributed by atoms with Crippen LogP contribution in [0.5, 0.6) is 0 Å². The molecule has 2 unspecified atom stereocenters. The Morgan fingerprint density at radius 2 is 2.14 bits per heavy atom. The molecule has 1 N–H and O–H groups in total. The molecular formula is C12H24N2. The lowest BCUT2D eigenvalue weighted by Gasteiger charge is -2.42. The van der Waals surface area contributed by atoms with E-state index in [2.05, 4.69) is 24.1 Å². The Bertz CT molecular complexity index is 175. The van der Waals surface area contributed by atoms with Gasteiger partial charge in [-0.1, -0.05) is 20.3 Å². The molecule has 2 heterocycles. The van der Waals surface area contributed by atoms with E-state index in [1.54, 1.807) is 0 Å². The number of nitrogens with zero attached hydrogens (tertiary/aromatic N) is 1. The first-order valence-corrected chi connectivity index (χ1v) is 6.23. The van der Waals surface area contributed by atoms with E-state index in [1.807, 2.05) is 0 Å². The summed E-state index contributed by atoms with van der Waals surface area (Å²) in [6.07, 6.45) is 4.12. The highest BCUT2D eigenvalue weighted by Crippen LogP contribution is 2.21. The van der Waals surface area contributed by atoms with Crippen LogP contribution >= 0.6 is 0 Å². The van der Waals surface area contributed by atoms with Gasteiger partial charge in [0.2, 0.25) is 0 Å². The van der Waals surface area contributed by atoms with Crippen molar-refractivity contribution in [2.45, 2.75) is 39.2 Å². The zero-order valence-electron chi connectivity index (χ0n) is 9.63. The maximum absolute atomic E-state index is 3.64. The monoisotopic (exact) mass is 196 g/mol. The van der Waals surface area contributed by atoms with Gasteiger partial charge in [0.1, 0.15) is 0 Å². The van der Waals surface area contributed by atoms with Gasteiger partial charge in [0.15, 0.2) is 0 Å². The molecule has 14 heavy (non-hydrogen) atoms. The van der Waals surface area contributed by atoms with Gasteiger partial charge >= 0.3 is 0 Å². The highest BCUT2D eigenvalue weighted by atomic mass is 15.2. The van der Waals surface area contributed by atoms with Crippen LogP contribution in [-0.4, -0.2) is 37.1 Å². The molecule has 2 fully saturated rings. The topological polar surface area (TPSA) is 15.3 Å². The van der Waals surface area contributed by atoms with Crippen molar-refractivity contribution in [3.05, 3.63) is 0 Å².